The predicted octanol–water partition coefficient (Wildman–Crippen LogP) is 7.69. The van der Waals surface area contributed by atoms with E-state index in [4.69, 9.17) is 27.7 Å². The lowest BCUT2D eigenvalue weighted by molar-refractivity contribution is 0.0697. The molecule has 7 heteroatoms. The lowest BCUT2D eigenvalue weighted by Gasteiger charge is -2.50. The largest absolute Gasteiger partial charge is 0.478 e. The Morgan fingerprint density at radius 2 is 1.77 bits per heavy atom. The molecule has 0 atom stereocenters. The number of nitrogens with zero attached hydrogens (tertiary/aromatic N) is 2. The number of anilines is 1. The van der Waals surface area contributed by atoms with Gasteiger partial charge in [0, 0.05) is 35.8 Å². The van der Waals surface area contributed by atoms with Gasteiger partial charge in [0.2, 0.25) is 0 Å². The highest BCUT2D eigenvalue weighted by Gasteiger charge is 2.43. The van der Waals surface area contributed by atoms with Gasteiger partial charge in [-0.3, -0.25) is 0 Å². The Morgan fingerprint density at radius 3 is 2.43 bits per heavy atom. The molecule has 0 unspecified atom stereocenters. The minimum Gasteiger partial charge on any atom is -0.478 e. The molecule has 35 heavy (non-hydrogen) atoms. The first kappa shape index (κ1) is 22.7. The molecule has 2 saturated carbocycles. The highest BCUT2D eigenvalue weighted by molar-refractivity contribution is 6.39. The number of halogens is 2. The Balaban J connectivity index is 1.20. The molecule has 2 aromatic carbocycles. The number of carboxylic acid groups (broad SMARTS) is 1. The van der Waals surface area contributed by atoms with Gasteiger partial charge >= 0.3 is 5.97 Å². The van der Waals surface area contributed by atoms with Gasteiger partial charge in [-0.2, -0.15) is 0 Å². The minimum atomic E-state index is -0.883. The summed E-state index contributed by atoms with van der Waals surface area (Å²) in [5, 5.41) is 14.9. The maximum absolute atomic E-state index is 11.3. The first-order valence-corrected chi connectivity index (χ1v) is 12.9. The maximum Gasteiger partial charge on any atom is 0.335 e. The third-order valence-corrected chi connectivity index (χ3v) is 8.37. The van der Waals surface area contributed by atoms with Gasteiger partial charge in [-0.25, -0.2) is 4.79 Å². The zero-order chi connectivity index (χ0) is 24.2. The number of hydrogen-bond donors (Lipinski definition) is 1. The van der Waals surface area contributed by atoms with Crippen molar-refractivity contribution in [2.45, 2.75) is 44.4 Å². The van der Waals surface area contributed by atoms with Crippen LogP contribution in [0.5, 0.6) is 0 Å². The molecule has 180 valence electrons. The van der Waals surface area contributed by atoms with Crippen LogP contribution in [0.1, 0.15) is 66.1 Å². The molecule has 3 aromatic rings. The van der Waals surface area contributed by atoms with Gasteiger partial charge in [-0.15, -0.1) is 0 Å². The molecule has 6 rings (SSSR count). The number of rotatable bonds is 5. The quantitative estimate of drug-likeness (QED) is 0.382. The van der Waals surface area contributed by atoms with Crippen LogP contribution in [0.2, 0.25) is 10.0 Å². The summed E-state index contributed by atoms with van der Waals surface area (Å²) in [5.41, 5.74) is 5.59. The molecule has 1 saturated heterocycles. The number of carboxylic acids is 1. The molecule has 1 N–H and O–H groups in total. The average molecular weight is 509 g/mol. The predicted molar refractivity (Wildman–Crippen MR) is 138 cm³/mol. The van der Waals surface area contributed by atoms with Crippen molar-refractivity contribution in [3.05, 3.63) is 75.0 Å². The van der Waals surface area contributed by atoms with E-state index in [0.29, 0.717) is 26.9 Å². The van der Waals surface area contributed by atoms with Crippen molar-refractivity contribution in [2.75, 3.05) is 18.0 Å². The number of piperidine rings is 1. The fourth-order valence-electron chi connectivity index (χ4n) is 5.64. The Labute approximate surface area is 214 Å². The zero-order valence-electron chi connectivity index (χ0n) is 19.3. The van der Waals surface area contributed by atoms with E-state index in [1.54, 1.807) is 12.1 Å². The molecule has 3 aliphatic rings. The third kappa shape index (κ3) is 4.25. The molecule has 0 bridgehead atoms. The fourth-order valence-corrected chi connectivity index (χ4v) is 6.22. The molecule has 0 amide bonds. The van der Waals surface area contributed by atoms with E-state index < -0.39 is 5.97 Å². The van der Waals surface area contributed by atoms with Crippen LogP contribution >= 0.6 is 23.2 Å². The van der Waals surface area contributed by atoms with E-state index in [2.05, 4.69) is 16.1 Å². The Kier molecular flexibility index (Phi) is 5.65. The summed E-state index contributed by atoms with van der Waals surface area (Å²) in [6.45, 7) is 1.88. The van der Waals surface area contributed by atoms with Gasteiger partial charge in [-0.1, -0.05) is 46.1 Å². The normalized spacial score (nSPS) is 19.0. The Hall–Kier alpha value is -2.76. The smallest absolute Gasteiger partial charge is 0.335 e. The zero-order valence-corrected chi connectivity index (χ0v) is 20.8. The molecule has 2 aliphatic carbocycles. The van der Waals surface area contributed by atoms with Crippen LogP contribution in [0, 0.1) is 5.41 Å². The van der Waals surface area contributed by atoms with Crippen molar-refractivity contribution >= 4 is 40.9 Å². The summed E-state index contributed by atoms with van der Waals surface area (Å²) >= 11 is 13.0. The van der Waals surface area contributed by atoms with Crippen molar-refractivity contribution in [1.82, 2.24) is 5.16 Å². The molecule has 3 fully saturated rings. The van der Waals surface area contributed by atoms with Gasteiger partial charge in [0.25, 0.3) is 0 Å². The number of benzene rings is 2. The molecular weight excluding hydrogens is 483 g/mol. The first-order valence-electron chi connectivity index (χ1n) is 12.1. The van der Waals surface area contributed by atoms with E-state index in [9.17, 15) is 9.90 Å². The van der Waals surface area contributed by atoms with Crippen molar-refractivity contribution in [3.63, 3.8) is 0 Å². The maximum atomic E-state index is 11.3. The molecule has 1 aromatic heterocycles. The summed E-state index contributed by atoms with van der Waals surface area (Å²) in [6, 6.07) is 12.8. The van der Waals surface area contributed by atoms with Crippen LogP contribution < -0.4 is 4.90 Å². The number of carbonyl (C=O) groups is 1. The van der Waals surface area contributed by atoms with Gasteiger partial charge in [0.1, 0.15) is 11.5 Å². The highest BCUT2D eigenvalue weighted by atomic mass is 35.5. The van der Waals surface area contributed by atoms with E-state index in [1.165, 1.54) is 5.57 Å². The number of hydrogen-bond acceptors (Lipinski definition) is 4. The Morgan fingerprint density at radius 1 is 1.09 bits per heavy atom. The average Bonchev–Trinajstić information content (AvgIpc) is 3.60. The third-order valence-electron chi connectivity index (χ3n) is 7.74. The summed E-state index contributed by atoms with van der Waals surface area (Å²) in [6.07, 6.45) is 8.87. The van der Waals surface area contributed by atoms with E-state index >= 15 is 0 Å². The molecule has 5 nitrogen and oxygen atoms in total. The van der Waals surface area contributed by atoms with Crippen LogP contribution in [0.4, 0.5) is 5.69 Å². The van der Waals surface area contributed by atoms with Gasteiger partial charge in [-0.05, 0) is 80.3 Å². The first-order chi connectivity index (χ1) is 16.9. The van der Waals surface area contributed by atoms with Crippen LogP contribution in [0.25, 0.3) is 17.3 Å². The molecule has 1 spiro atoms. The minimum absolute atomic E-state index is 0.325. The van der Waals surface area contributed by atoms with Crippen LogP contribution in [0.3, 0.4) is 0 Å². The number of aromatic carboxylic acids is 1. The second-order valence-electron chi connectivity index (χ2n) is 10.2. The van der Waals surface area contributed by atoms with E-state index in [1.807, 2.05) is 30.3 Å². The number of allylic oxidation sites excluding steroid dienone is 1. The molecule has 0 radical (unpaired) electrons. The SMILES string of the molecule is O=C(O)c1cccc(N2CCC3(CC2)CC(=Cc2c(-c4c(Cl)cccc4Cl)noc2C2CC2)C3)c1. The van der Waals surface area contributed by atoms with Crippen LogP contribution in [0.15, 0.2) is 52.6 Å². The second kappa shape index (κ2) is 8.72. The number of aromatic nitrogens is 1. The van der Waals surface area contributed by atoms with Crippen LogP contribution in [-0.4, -0.2) is 29.3 Å². The lowest BCUT2D eigenvalue weighted by atomic mass is 9.60. The van der Waals surface area contributed by atoms with Gasteiger partial charge < -0.3 is 14.5 Å². The van der Waals surface area contributed by atoms with Crippen molar-refractivity contribution in [1.29, 1.82) is 0 Å². The lowest BCUT2D eigenvalue weighted by Crippen LogP contribution is -2.44. The standard InChI is InChI=1S/C28H26Cl2N2O3/c29-22-5-2-6-23(30)24(22)25-21(26(35-31-25)18-7-8-18)13-17-15-28(16-17)9-11-32(12-10-28)20-4-1-3-19(14-20)27(33)34/h1-6,13-14,18H,7-12,15-16H2,(H,33,34). The van der Waals surface area contributed by atoms with Crippen LogP contribution in [-0.2, 0) is 0 Å². The topological polar surface area (TPSA) is 66.6 Å². The molecule has 1 aliphatic heterocycles. The van der Waals surface area contributed by atoms with Gasteiger partial charge in [0.05, 0.1) is 15.6 Å². The highest BCUT2D eigenvalue weighted by Crippen LogP contribution is 2.54. The van der Waals surface area contributed by atoms with Crippen molar-refractivity contribution in [2.24, 2.45) is 5.41 Å². The van der Waals surface area contributed by atoms with E-state index in [0.717, 1.165) is 79.9 Å². The summed E-state index contributed by atoms with van der Waals surface area (Å²) < 4.78 is 5.82. The van der Waals surface area contributed by atoms with Crippen molar-refractivity contribution in [3.8, 4) is 11.3 Å². The van der Waals surface area contributed by atoms with Gasteiger partial charge in [0.15, 0.2) is 0 Å². The molecule has 2 heterocycles. The Bertz CT molecular complexity index is 1300. The van der Waals surface area contributed by atoms with E-state index in [-0.39, 0.29) is 0 Å². The summed E-state index contributed by atoms with van der Waals surface area (Å²) in [5.74, 6) is 0.506. The summed E-state index contributed by atoms with van der Waals surface area (Å²) in [7, 11) is 0. The monoisotopic (exact) mass is 508 g/mol. The fraction of sp³-hybridized carbons (Fsp3) is 0.357. The van der Waals surface area contributed by atoms with Crippen molar-refractivity contribution < 1.29 is 14.4 Å². The second-order valence-corrected chi connectivity index (χ2v) is 11.0. The summed E-state index contributed by atoms with van der Waals surface area (Å²) in [4.78, 5) is 13.6. The molecular formula is C28H26Cl2N2O3.